The van der Waals surface area contributed by atoms with Gasteiger partial charge >= 0.3 is 5.97 Å². The van der Waals surface area contributed by atoms with Crippen LogP contribution >= 0.6 is 0 Å². The fourth-order valence-electron chi connectivity index (χ4n) is 1.81. The highest BCUT2D eigenvalue weighted by atomic mass is 16.4. The van der Waals surface area contributed by atoms with Crippen molar-refractivity contribution in [3.63, 3.8) is 0 Å². The Kier molecular flexibility index (Phi) is 3.27. The Bertz CT molecular complexity index is 563. The molecule has 0 atom stereocenters. The third-order valence-electron chi connectivity index (χ3n) is 2.62. The first kappa shape index (κ1) is 12.1. The Morgan fingerprint density at radius 3 is 2.94 bits per heavy atom. The van der Waals surface area contributed by atoms with Crippen molar-refractivity contribution >= 4 is 11.8 Å². The summed E-state index contributed by atoms with van der Waals surface area (Å²) >= 11 is 0. The van der Waals surface area contributed by atoms with Crippen molar-refractivity contribution in [1.29, 1.82) is 0 Å². The number of hydrogen-bond donors (Lipinski definition) is 2. The van der Waals surface area contributed by atoms with E-state index < -0.39 is 5.97 Å². The maximum atomic E-state index is 11.2. The molecule has 94 valence electrons. The van der Waals surface area contributed by atoms with Crippen LogP contribution < -0.4 is 5.32 Å². The van der Waals surface area contributed by atoms with Gasteiger partial charge in [0.1, 0.15) is 11.4 Å². The number of hydrogen-bond acceptors (Lipinski definition) is 4. The molecular formula is C12H14N4O2. The number of aromatic carboxylic acids is 1. The minimum atomic E-state index is -0.978. The molecule has 0 aromatic carbocycles. The van der Waals surface area contributed by atoms with Crippen LogP contribution in [0.2, 0.25) is 0 Å². The molecule has 18 heavy (non-hydrogen) atoms. The number of aromatic nitrogens is 3. The van der Waals surface area contributed by atoms with Gasteiger partial charge in [0, 0.05) is 26.0 Å². The van der Waals surface area contributed by atoms with E-state index in [1.165, 1.54) is 4.68 Å². The van der Waals surface area contributed by atoms with Gasteiger partial charge in [-0.25, -0.2) is 4.79 Å². The largest absolute Gasteiger partial charge is 0.477 e. The van der Waals surface area contributed by atoms with Gasteiger partial charge in [-0.2, -0.15) is 5.10 Å². The molecule has 0 aliphatic carbocycles. The average molecular weight is 246 g/mol. The van der Waals surface area contributed by atoms with Gasteiger partial charge in [0.2, 0.25) is 0 Å². The van der Waals surface area contributed by atoms with E-state index >= 15 is 0 Å². The number of carboxylic acid groups (broad SMARTS) is 1. The number of anilines is 1. The number of rotatable bonds is 4. The van der Waals surface area contributed by atoms with Crippen LogP contribution in [0, 0.1) is 6.92 Å². The third-order valence-corrected chi connectivity index (χ3v) is 2.62. The molecule has 0 saturated carbocycles. The number of pyridine rings is 1. The molecule has 2 rings (SSSR count). The van der Waals surface area contributed by atoms with Gasteiger partial charge in [-0.3, -0.25) is 9.67 Å². The smallest absolute Gasteiger partial charge is 0.341 e. The predicted octanol–water partition coefficient (Wildman–Crippen LogP) is 1.43. The Balaban J connectivity index is 2.22. The van der Waals surface area contributed by atoms with Gasteiger partial charge in [-0.05, 0) is 18.6 Å². The first-order valence-corrected chi connectivity index (χ1v) is 5.49. The molecule has 2 aromatic rings. The summed E-state index contributed by atoms with van der Waals surface area (Å²) in [5, 5.41) is 16.3. The van der Waals surface area contributed by atoms with Gasteiger partial charge in [0.25, 0.3) is 0 Å². The zero-order chi connectivity index (χ0) is 13.1. The van der Waals surface area contributed by atoms with Gasteiger partial charge < -0.3 is 10.4 Å². The molecule has 6 heteroatoms. The second kappa shape index (κ2) is 4.87. The summed E-state index contributed by atoms with van der Waals surface area (Å²) in [7, 11) is 1.71. The fraction of sp³-hybridized carbons (Fsp3) is 0.250. The Morgan fingerprint density at radius 2 is 2.33 bits per heavy atom. The SMILES string of the molecule is Cc1nn(C)c(NCc2cccnc2)c1C(=O)O. The number of carboxylic acids is 1. The lowest BCUT2D eigenvalue weighted by Gasteiger charge is -2.07. The van der Waals surface area contributed by atoms with Crippen molar-refractivity contribution in [2.75, 3.05) is 5.32 Å². The van der Waals surface area contributed by atoms with Crippen LogP contribution in [0.15, 0.2) is 24.5 Å². The van der Waals surface area contributed by atoms with E-state index in [4.69, 9.17) is 5.11 Å². The first-order chi connectivity index (χ1) is 8.59. The topological polar surface area (TPSA) is 80.0 Å². The second-order valence-corrected chi connectivity index (χ2v) is 3.95. The van der Waals surface area contributed by atoms with Crippen LogP contribution in [0.25, 0.3) is 0 Å². The predicted molar refractivity (Wildman–Crippen MR) is 66.5 cm³/mol. The zero-order valence-corrected chi connectivity index (χ0v) is 10.2. The minimum Gasteiger partial charge on any atom is -0.477 e. The van der Waals surface area contributed by atoms with Crippen molar-refractivity contribution < 1.29 is 9.90 Å². The van der Waals surface area contributed by atoms with E-state index in [1.807, 2.05) is 12.1 Å². The maximum Gasteiger partial charge on any atom is 0.341 e. The van der Waals surface area contributed by atoms with Gasteiger partial charge in [-0.15, -0.1) is 0 Å². The molecule has 0 spiro atoms. The Labute approximate surface area is 104 Å². The summed E-state index contributed by atoms with van der Waals surface area (Å²) in [4.78, 5) is 15.2. The van der Waals surface area contributed by atoms with Crippen LogP contribution in [0.5, 0.6) is 0 Å². The second-order valence-electron chi connectivity index (χ2n) is 3.95. The average Bonchev–Trinajstić information content (AvgIpc) is 2.62. The minimum absolute atomic E-state index is 0.210. The fourth-order valence-corrected chi connectivity index (χ4v) is 1.81. The van der Waals surface area contributed by atoms with E-state index in [-0.39, 0.29) is 5.56 Å². The van der Waals surface area contributed by atoms with E-state index in [1.54, 1.807) is 26.4 Å². The van der Waals surface area contributed by atoms with Gasteiger partial charge in [0.05, 0.1) is 5.69 Å². The van der Waals surface area contributed by atoms with Crippen LogP contribution in [0.4, 0.5) is 5.82 Å². The molecule has 0 radical (unpaired) electrons. The molecule has 0 aliphatic heterocycles. The van der Waals surface area contributed by atoms with Crippen LogP contribution in [0.3, 0.4) is 0 Å². The third kappa shape index (κ3) is 2.32. The molecule has 2 heterocycles. The summed E-state index contributed by atoms with van der Waals surface area (Å²) in [5.41, 5.74) is 1.69. The summed E-state index contributed by atoms with van der Waals surface area (Å²) in [6.45, 7) is 2.19. The number of nitrogens with one attached hydrogen (secondary N) is 1. The van der Waals surface area contributed by atoms with Gasteiger partial charge in [-0.1, -0.05) is 6.07 Å². The van der Waals surface area contributed by atoms with E-state index in [2.05, 4.69) is 15.4 Å². The number of nitrogens with zero attached hydrogens (tertiary/aromatic N) is 3. The number of carbonyl (C=O) groups is 1. The summed E-state index contributed by atoms with van der Waals surface area (Å²) in [6.07, 6.45) is 3.43. The lowest BCUT2D eigenvalue weighted by molar-refractivity contribution is 0.0697. The Morgan fingerprint density at radius 1 is 1.56 bits per heavy atom. The Hall–Kier alpha value is -2.37. The van der Waals surface area contributed by atoms with Gasteiger partial charge in [0.15, 0.2) is 0 Å². The highest BCUT2D eigenvalue weighted by molar-refractivity contribution is 5.94. The quantitative estimate of drug-likeness (QED) is 0.853. The first-order valence-electron chi connectivity index (χ1n) is 5.49. The summed E-state index contributed by atoms with van der Waals surface area (Å²) < 4.78 is 1.54. The molecule has 0 unspecified atom stereocenters. The normalized spacial score (nSPS) is 10.3. The molecule has 0 amide bonds. The molecule has 0 aliphatic rings. The van der Waals surface area contributed by atoms with E-state index in [0.29, 0.717) is 18.1 Å². The van der Waals surface area contributed by atoms with Crippen LogP contribution in [-0.4, -0.2) is 25.8 Å². The van der Waals surface area contributed by atoms with Crippen molar-refractivity contribution in [1.82, 2.24) is 14.8 Å². The van der Waals surface area contributed by atoms with Crippen molar-refractivity contribution in [3.05, 3.63) is 41.3 Å². The van der Waals surface area contributed by atoms with Crippen LogP contribution in [0.1, 0.15) is 21.6 Å². The van der Waals surface area contributed by atoms with Crippen molar-refractivity contribution in [2.45, 2.75) is 13.5 Å². The standard InChI is InChI=1S/C12H14N4O2/c1-8-10(12(17)18)11(16(2)15-8)14-7-9-4-3-5-13-6-9/h3-6,14H,7H2,1-2H3,(H,17,18). The molecule has 0 fully saturated rings. The summed E-state index contributed by atoms with van der Waals surface area (Å²) in [6, 6.07) is 3.76. The van der Waals surface area contributed by atoms with Crippen molar-refractivity contribution in [3.8, 4) is 0 Å². The molecule has 0 saturated heterocycles. The van der Waals surface area contributed by atoms with E-state index in [0.717, 1.165) is 5.56 Å². The lowest BCUT2D eigenvalue weighted by atomic mass is 10.2. The van der Waals surface area contributed by atoms with Crippen LogP contribution in [-0.2, 0) is 13.6 Å². The number of aryl methyl sites for hydroxylation is 2. The highest BCUT2D eigenvalue weighted by Gasteiger charge is 2.19. The molecule has 2 N–H and O–H groups in total. The molecule has 0 bridgehead atoms. The van der Waals surface area contributed by atoms with E-state index in [9.17, 15) is 4.79 Å². The highest BCUT2D eigenvalue weighted by Crippen LogP contribution is 2.19. The zero-order valence-electron chi connectivity index (χ0n) is 10.2. The molecule has 2 aromatic heterocycles. The monoisotopic (exact) mass is 246 g/mol. The molecule has 6 nitrogen and oxygen atoms in total. The lowest BCUT2D eigenvalue weighted by Crippen LogP contribution is -2.09. The summed E-state index contributed by atoms with van der Waals surface area (Å²) in [5.74, 6) is -0.474. The molecular weight excluding hydrogens is 232 g/mol. The maximum absolute atomic E-state index is 11.2. The van der Waals surface area contributed by atoms with Crippen molar-refractivity contribution in [2.24, 2.45) is 7.05 Å².